The van der Waals surface area contributed by atoms with Gasteiger partial charge in [-0.15, -0.1) is 0 Å². The van der Waals surface area contributed by atoms with Crippen LogP contribution in [0.5, 0.6) is 0 Å². The van der Waals surface area contributed by atoms with E-state index in [4.69, 9.17) is 10.2 Å². The minimum atomic E-state index is -1.21. The Hall–Kier alpha value is -1.43. The predicted octanol–water partition coefficient (Wildman–Crippen LogP) is -1.08. The van der Waals surface area contributed by atoms with E-state index in [2.05, 4.69) is 5.32 Å². The molecule has 80 valence electrons. The van der Waals surface area contributed by atoms with Crippen molar-refractivity contribution in [3.8, 4) is 0 Å². The van der Waals surface area contributed by atoms with Gasteiger partial charge in [0, 0.05) is 6.42 Å². The lowest BCUT2D eigenvalue weighted by Crippen LogP contribution is -2.42. The lowest BCUT2D eigenvalue weighted by molar-refractivity contribution is -0.142. The molecular formula is C8H13NO5. The van der Waals surface area contributed by atoms with Gasteiger partial charge in [-0.05, 0) is 13.3 Å². The average Bonchev–Trinajstić information content (AvgIpc) is 2.10. The van der Waals surface area contributed by atoms with Crippen LogP contribution in [-0.4, -0.2) is 40.5 Å². The van der Waals surface area contributed by atoms with Crippen molar-refractivity contribution in [1.29, 1.82) is 0 Å². The zero-order chi connectivity index (χ0) is 11.1. The van der Waals surface area contributed by atoms with Crippen molar-refractivity contribution in [3.05, 3.63) is 0 Å². The number of hydrogen-bond donors (Lipinski definition) is 3. The summed E-state index contributed by atoms with van der Waals surface area (Å²) in [5.41, 5.74) is 0. The van der Waals surface area contributed by atoms with E-state index in [1.807, 2.05) is 0 Å². The number of carboxylic acids is 1. The maximum Gasteiger partial charge on any atom is 0.326 e. The third-order valence-corrected chi connectivity index (χ3v) is 1.56. The number of ketones is 1. The molecule has 0 aromatic heterocycles. The van der Waals surface area contributed by atoms with Gasteiger partial charge in [0.1, 0.15) is 18.4 Å². The molecular weight excluding hydrogens is 190 g/mol. The van der Waals surface area contributed by atoms with Crippen molar-refractivity contribution < 1.29 is 24.6 Å². The van der Waals surface area contributed by atoms with Crippen LogP contribution < -0.4 is 5.32 Å². The molecule has 6 nitrogen and oxygen atoms in total. The first kappa shape index (κ1) is 12.6. The van der Waals surface area contributed by atoms with Crippen molar-refractivity contribution >= 4 is 17.7 Å². The van der Waals surface area contributed by atoms with Gasteiger partial charge in [-0.1, -0.05) is 0 Å². The Balaban J connectivity index is 4.09. The van der Waals surface area contributed by atoms with Crippen LogP contribution in [-0.2, 0) is 14.4 Å². The molecule has 0 rings (SSSR count). The second-order valence-corrected chi connectivity index (χ2v) is 2.86. The molecule has 0 aromatic carbocycles. The SMILES string of the molecule is CC(=O)CC[C@H](NC(=O)CO)C(=O)O. The third kappa shape index (κ3) is 5.26. The molecule has 0 aliphatic heterocycles. The molecule has 0 aromatic rings. The van der Waals surface area contributed by atoms with Crippen LogP contribution >= 0.6 is 0 Å². The molecule has 6 heteroatoms. The Labute approximate surface area is 80.9 Å². The summed E-state index contributed by atoms with van der Waals surface area (Å²) in [6.45, 7) is 0.580. The fraction of sp³-hybridized carbons (Fsp3) is 0.625. The van der Waals surface area contributed by atoms with Crippen molar-refractivity contribution in [3.63, 3.8) is 0 Å². The number of Topliss-reactive ketones (excluding diaryl/α,β-unsaturated/α-hetero) is 1. The number of aliphatic hydroxyl groups is 1. The molecule has 0 radical (unpaired) electrons. The van der Waals surface area contributed by atoms with Crippen LogP contribution in [0, 0.1) is 0 Å². The molecule has 0 fully saturated rings. The monoisotopic (exact) mass is 203 g/mol. The van der Waals surface area contributed by atoms with Crippen molar-refractivity contribution in [2.24, 2.45) is 0 Å². The van der Waals surface area contributed by atoms with Crippen LogP contribution in [0.25, 0.3) is 0 Å². The van der Waals surface area contributed by atoms with Gasteiger partial charge in [0.05, 0.1) is 0 Å². The molecule has 1 atom stereocenters. The highest BCUT2D eigenvalue weighted by atomic mass is 16.4. The fourth-order valence-corrected chi connectivity index (χ4v) is 0.845. The summed E-state index contributed by atoms with van der Waals surface area (Å²) in [6, 6.07) is -1.11. The lowest BCUT2D eigenvalue weighted by Gasteiger charge is -2.12. The van der Waals surface area contributed by atoms with Crippen molar-refractivity contribution in [2.75, 3.05) is 6.61 Å². The molecule has 3 N–H and O–H groups in total. The summed E-state index contributed by atoms with van der Waals surface area (Å²) >= 11 is 0. The summed E-state index contributed by atoms with van der Waals surface area (Å²) in [5, 5.41) is 19.1. The first-order valence-electron chi connectivity index (χ1n) is 4.09. The highest BCUT2D eigenvalue weighted by Crippen LogP contribution is 1.98. The number of amides is 1. The summed E-state index contributed by atoms with van der Waals surface area (Å²) in [7, 11) is 0. The number of carbonyl (C=O) groups excluding carboxylic acids is 2. The molecule has 0 unspecified atom stereocenters. The highest BCUT2D eigenvalue weighted by Gasteiger charge is 2.19. The Bertz CT molecular complexity index is 238. The minimum absolute atomic E-state index is 0.0381. The summed E-state index contributed by atoms with van der Waals surface area (Å²) < 4.78 is 0. The Kier molecular flexibility index (Phi) is 5.47. The topological polar surface area (TPSA) is 104 Å². The summed E-state index contributed by atoms with van der Waals surface area (Å²) in [5.74, 6) is -2.12. The molecule has 0 spiro atoms. The number of aliphatic hydroxyl groups excluding tert-OH is 1. The normalized spacial score (nSPS) is 11.9. The van der Waals surface area contributed by atoms with E-state index in [9.17, 15) is 14.4 Å². The number of carbonyl (C=O) groups is 3. The van der Waals surface area contributed by atoms with Gasteiger partial charge in [0.2, 0.25) is 5.91 Å². The fourth-order valence-electron chi connectivity index (χ4n) is 0.845. The van der Waals surface area contributed by atoms with E-state index in [1.54, 1.807) is 0 Å². The number of rotatable bonds is 6. The van der Waals surface area contributed by atoms with E-state index in [-0.39, 0.29) is 18.6 Å². The smallest absolute Gasteiger partial charge is 0.326 e. The largest absolute Gasteiger partial charge is 0.480 e. The number of aliphatic carboxylic acids is 1. The van der Waals surface area contributed by atoms with Crippen LogP contribution in [0.4, 0.5) is 0 Å². The average molecular weight is 203 g/mol. The number of nitrogens with one attached hydrogen (secondary N) is 1. The zero-order valence-corrected chi connectivity index (χ0v) is 7.82. The maximum absolute atomic E-state index is 10.7. The molecule has 0 bridgehead atoms. The molecule has 1 amide bonds. The van der Waals surface area contributed by atoms with Gasteiger partial charge < -0.3 is 20.3 Å². The van der Waals surface area contributed by atoms with Gasteiger partial charge in [-0.25, -0.2) is 4.79 Å². The summed E-state index contributed by atoms with van der Waals surface area (Å²) in [6.07, 6.45) is 0.124. The Morgan fingerprint density at radius 1 is 1.36 bits per heavy atom. The Morgan fingerprint density at radius 3 is 2.29 bits per heavy atom. The standard InChI is InChI=1S/C8H13NO5/c1-5(11)2-3-6(8(13)14)9-7(12)4-10/h6,10H,2-4H2,1H3,(H,9,12)(H,13,14)/t6-/m0/s1. The van der Waals surface area contributed by atoms with Gasteiger partial charge in [0.25, 0.3) is 0 Å². The maximum atomic E-state index is 10.7. The van der Waals surface area contributed by atoms with Gasteiger partial charge >= 0.3 is 5.97 Å². The third-order valence-electron chi connectivity index (χ3n) is 1.56. The van der Waals surface area contributed by atoms with E-state index < -0.39 is 24.5 Å². The predicted molar refractivity (Wildman–Crippen MR) is 46.6 cm³/mol. The molecule has 0 saturated heterocycles. The highest BCUT2D eigenvalue weighted by molar-refractivity contribution is 5.84. The van der Waals surface area contributed by atoms with E-state index in [0.29, 0.717) is 0 Å². The first-order valence-corrected chi connectivity index (χ1v) is 4.09. The van der Waals surface area contributed by atoms with Gasteiger partial charge in [-0.3, -0.25) is 4.79 Å². The quantitative estimate of drug-likeness (QED) is 0.509. The minimum Gasteiger partial charge on any atom is -0.480 e. The van der Waals surface area contributed by atoms with Crippen molar-refractivity contribution in [1.82, 2.24) is 5.32 Å². The molecule has 0 aliphatic carbocycles. The van der Waals surface area contributed by atoms with Gasteiger partial charge in [0.15, 0.2) is 0 Å². The van der Waals surface area contributed by atoms with Crippen LogP contribution in [0.3, 0.4) is 0 Å². The van der Waals surface area contributed by atoms with E-state index in [0.717, 1.165) is 0 Å². The molecule has 14 heavy (non-hydrogen) atoms. The van der Waals surface area contributed by atoms with Gasteiger partial charge in [-0.2, -0.15) is 0 Å². The van der Waals surface area contributed by atoms with E-state index in [1.165, 1.54) is 6.92 Å². The number of carboxylic acid groups (broad SMARTS) is 1. The van der Waals surface area contributed by atoms with Crippen LogP contribution in [0.2, 0.25) is 0 Å². The van der Waals surface area contributed by atoms with E-state index >= 15 is 0 Å². The van der Waals surface area contributed by atoms with Crippen LogP contribution in [0.1, 0.15) is 19.8 Å². The summed E-state index contributed by atoms with van der Waals surface area (Å²) in [4.78, 5) is 31.8. The second-order valence-electron chi connectivity index (χ2n) is 2.86. The number of hydrogen-bond acceptors (Lipinski definition) is 4. The zero-order valence-electron chi connectivity index (χ0n) is 7.82. The molecule has 0 saturated carbocycles. The second kappa shape index (κ2) is 6.09. The lowest BCUT2D eigenvalue weighted by atomic mass is 10.1. The molecule has 0 heterocycles. The molecule has 0 aliphatic rings. The Morgan fingerprint density at radius 2 is 1.93 bits per heavy atom. The van der Waals surface area contributed by atoms with Crippen molar-refractivity contribution in [2.45, 2.75) is 25.8 Å². The first-order chi connectivity index (χ1) is 6.47. The van der Waals surface area contributed by atoms with Crippen LogP contribution in [0.15, 0.2) is 0 Å².